The van der Waals surface area contributed by atoms with Gasteiger partial charge in [-0.15, -0.1) is 0 Å². The highest BCUT2D eigenvalue weighted by Gasteiger charge is 2.57. The summed E-state index contributed by atoms with van der Waals surface area (Å²) in [5, 5.41) is 4.23. The van der Waals surface area contributed by atoms with Gasteiger partial charge in [0.25, 0.3) is 0 Å². The Morgan fingerprint density at radius 2 is 1.81 bits per heavy atom. The number of amides is 1. The zero-order valence-corrected chi connectivity index (χ0v) is 17.4. The van der Waals surface area contributed by atoms with Crippen LogP contribution in [0.1, 0.15) is 40.7 Å². The Kier molecular flexibility index (Phi) is 3.73. The van der Waals surface area contributed by atoms with E-state index in [9.17, 15) is 9.59 Å². The van der Waals surface area contributed by atoms with Crippen molar-refractivity contribution in [3.05, 3.63) is 77.6 Å². The lowest BCUT2D eigenvalue weighted by atomic mass is 9.91. The number of aromatic nitrogens is 2. The normalized spacial score (nSPS) is 23.1. The molecule has 1 aliphatic carbocycles. The van der Waals surface area contributed by atoms with Crippen molar-refractivity contribution in [3.8, 4) is 11.1 Å². The van der Waals surface area contributed by atoms with Gasteiger partial charge in [0.2, 0.25) is 5.91 Å². The largest absolute Gasteiger partial charge is 0.449 e. The number of hydrogen-bond donors (Lipinski definition) is 0. The van der Waals surface area contributed by atoms with Gasteiger partial charge in [-0.1, -0.05) is 42.5 Å². The van der Waals surface area contributed by atoms with E-state index in [2.05, 4.69) is 29.4 Å². The van der Waals surface area contributed by atoms with Crippen molar-refractivity contribution in [2.75, 3.05) is 13.1 Å². The molecule has 2 aromatic carbocycles. The van der Waals surface area contributed by atoms with E-state index < -0.39 is 11.0 Å². The second kappa shape index (κ2) is 6.30. The summed E-state index contributed by atoms with van der Waals surface area (Å²) < 4.78 is 7.61. The van der Waals surface area contributed by atoms with Crippen LogP contribution in [0, 0.1) is 0 Å². The number of benzene rings is 2. The molecule has 1 saturated heterocycles. The van der Waals surface area contributed by atoms with Crippen molar-refractivity contribution >= 4 is 11.9 Å². The Morgan fingerprint density at radius 1 is 1.03 bits per heavy atom. The van der Waals surface area contributed by atoms with Gasteiger partial charge in [-0.3, -0.25) is 9.48 Å². The number of rotatable bonds is 3. The van der Waals surface area contributed by atoms with Gasteiger partial charge < -0.3 is 9.64 Å². The lowest BCUT2D eigenvalue weighted by Gasteiger charge is -2.27. The summed E-state index contributed by atoms with van der Waals surface area (Å²) in [6.45, 7) is 1.04. The predicted octanol–water partition coefficient (Wildman–Crippen LogP) is 3.42. The lowest BCUT2D eigenvalue weighted by Crippen LogP contribution is -2.40. The average molecular weight is 413 g/mol. The Morgan fingerprint density at radius 3 is 2.52 bits per heavy atom. The molecule has 3 aromatic rings. The standard InChI is InChI=1S/C25H23N3O3/c1-27-15-18(14-26-27)17-6-8-19(9-7-17)24(10-11-24)23(30)28-13-12-25(16-28)21-5-3-2-4-20(21)22(29)31-25/h2-9,14-15H,10-13,16H2,1H3. The Bertz CT molecular complexity index is 1210. The molecule has 1 spiro atoms. The fraction of sp³-hybridized carbons (Fsp3) is 0.320. The summed E-state index contributed by atoms with van der Waals surface area (Å²) in [7, 11) is 1.90. The molecule has 156 valence electrons. The van der Waals surface area contributed by atoms with Gasteiger partial charge in [-0.2, -0.15) is 5.10 Å². The quantitative estimate of drug-likeness (QED) is 0.618. The monoisotopic (exact) mass is 413 g/mol. The smallest absolute Gasteiger partial charge is 0.339 e. The SMILES string of the molecule is Cn1cc(-c2ccc(C3(C(=O)N4CCC5(C4)OC(=O)c4ccccc45)CC3)cc2)cn1. The predicted molar refractivity (Wildman–Crippen MR) is 114 cm³/mol. The molecule has 6 nitrogen and oxygen atoms in total. The third kappa shape index (κ3) is 2.67. The molecule has 3 aliphatic rings. The van der Waals surface area contributed by atoms with Crippen molar-refractivity contribution in [1.29, 1.82) is 0 Å². The number of esters is 1. The number of likely N-dealkylation sites (tertiary alicyclic amines) is 1. The van der Waals surface area contributed by atoms with Crippen LogP contribution in [0.3, 0.4) is 0 Å². The molecule has 3 heterocycles. The maximum Gasteiger partial charge on any atom is 0.339 e. The van der Waals surface area contributed by atoms with E-state index in [1.165, 1.54) is 0 Å². The van der Waals surface area contributed by atoms with Gasteiger partial charge in [0.05, 0.1) is 23.7 Å². The van der Waals surface area contributed by atoms with Gasteiger partial charge in [-0.05, 0) is 30.0 Å². The molecule has 31 heavy (non-hydrogen) atoms. The highest BCUT2D eigenvalue weighted by Crippen LogP contribution is 2.52. The van der Waals surface area contributed by atoms with E-state index in [1.54, 1.807) is 4.68 Å². The van der Waals surface area contributed by atoms with Crippen LogP contribution in [0.2, 0.25) is 0 Å². The highest BCUT2D eigenvalue weighted by molar-refractivity contribution is 5.96. The molecule has 2 fully saturated rings. The minimum Gasteiger partial charge on any atom is -0.449 e. The van der Waals surface area contributed by atoms with Crippen molar-refractivity contribution < 1.29 is 14.3 Å². The number of carbonyl (C=O) groups is 2. The molecule has 1 aromatic heterocycles. The molecule has 0 N–H and O–H groups in total. The molecule has 1 saturated carbocycles. The van der Waals surface area contributed by atoms with Crippen LogP contribution in [0.5, 0.6) is 0 Å². The molecule has 1 unspecified atom stereocenters. The molecule has 6 rings (SSSR count). The first-order valence-electron chi connectivity index (χ1n) is 10.7. The molecule has 0 bridgehead atoms. The molecular formula is C25H23N3O3. The maximum atomic E-state index is 13.6. The first-order valence-corrected chi connectivity index (χ1v) is 10.7. The second-order valence-corrected chi connectivity index (χ2v) is 8.97. The summed E-state index contributed by atoms with van der Waals surface area (Å²) in [5.74, 6) is -0.129. The number of hydrogen-bond acceptors (Lipinski definition) is 4. The Balaban J connectivity index is 1.25. The summed E-state index contributed by atoms with van der Waals surface area (Å²) in [4.78, 5) is 27.8. The third-order valence-corrected chi connectivity index (χ3v) is 7.08. The molecule has 1 atom stereocenters. The molecule has 0 radical (unpaired) electrons. The van der Waals surface area contributed by atoms with Crippen molar-refractivity contribution in [2.24, 2.45) is 7.05 Å². The van der Waals surface area contributed by atoms with E-state index in [0.717, 1.165) is 35.1 Å². The summed E-state index contributed by atoms with van der Waals surface area (Å²) in [6.07, 6.45) is 6.20. The summed E-state index contributed by atoms with van der Waals surface area (Å²) in [6, 6.07) is 15.8. The Labute approximate surface area is 180 Å². The van der Waals surface area contributed by atoms with Gasteiger partial charge in [-0.25, -0.2) is 4.79 Å². The van der Waals surface area contributed by atoms with Gasteiger partial charge in [0, 0.05) is 37.3 Å². The number of aryl methyl sites for hydroxylation is 1. The number of fused-ring (bicyclic) bond motifs is 2. The lowest BCUT2D eigenvalue weighted by molar-refractivity contribution is -0.134. The van der Waals surface area contributed by atoms with Crippen molar-refractivity contribution in [1.82, 2.24) is 14.7 Å². The van der Waals surface area contributed by atoms with Gasteiger partial charge in [0.15, 0.2) is 5.60 Å². The highest BCUT2D eigenvalue weighted by atomic mass is 16.6. The zero-order valence-electron chi connectivity index (χ0n) is 17.4. The maximum absolute atomic E-state index is 13.6. The number of ether oxygens (including phenoxy) is 1. The van der Waals surface area contributed by atoms with E-state index in [1.807, 2.05) is 48.6 Å². The average Bonchev–Trinajstić information content (AvgIpc) is 3.17. The molecule has 2 aliphatic heterocycles. The minimum absolute atomic E-state index is 0.152. The van der Waals surface area contributed by atoms with Gasteiger partial charge >= 0.3 is 5.97 Å². The topological polar surface area (TPSA) is 64.4 Å². The van der Waals surface area contributed by atoms with Crippen LogP contribution in [0.15, 0.2) is 60.9 Å². The van der Waals surface area contributed by atoms with E-state index in [4.69, 9.17) is 4.74 Å². The van der Waals surface area contributed by atoms with Gasteiger partial charge in [0.1, 0.15) is 0 Å². The first kappa shape index (κ1) is 18.4. The molecule has 1 amide bonds. The number of carbonyl (C=O) groups excluding carboxylic acids is 2. The molecule has 6 heteroatoms. The molecular weight excluding hydrogens is 390 g/mol. The van der Waals surface area contributed by atoms with Crippen LogP contribution in [-0.2, 0) is 27.6 Å². The van der Waals surface area contributed by atoms with Crippen molar-refractivity contribution in [2.45, 2.75) is 30.3 Å². The van der Waals surface area contributed by atoms with Crippen LogP contribution in [0.25, 0.3) is 11.1 Å². The van der Waals surface area contributed by atoms with Crippen LogP contribution in [-0.4, -0.2) is 39.6 Å². The van der Waals surface area contributed by atoms with E-state index in [0.29, 0.717) is 25.1 Å². The Hall–Kier alpha value is -3.41. The number of nitrogens with zero attached hydrogens (tertiary/aromatic N) is 3. The van der Waals surface area contributed by atoms with Crippen LogP contribution < -0.4 is 0 Å². The fourth-order valence-corrected chi connectivity index (χ4v) is 5.21. The van der Waals surface area contributed by atoms with Crippen molar-refractivity contribution in [3.63, 3.8) is 0 Å². The van der Waals surface area contributed by atoms with E-state index in [-0.39, 0.29) is 11.9 Å². The third-order valence-electron chi connectivity index (χ3n) is 7.08. The fourth-order valence-electron chi connectivity index (χ4n) is 5.21. The first-order chi connectivity index (χ1) is 15.0. The van der Waals surface area contributed by atoms with Crippen LogP contribution in [0.4, 0.5) is 0 Å². The zero-order chi connectivity index (χ0) is 21.2. The minimum atomic E-state index is -0.691. The van der Waals surface area contributed by atoms with Crippen LogP contribution >= 0.6 is 0 Å². The summed E-state index contributed by atoms with van der Waals surface area (Å²) >= 11 is 0. The second-order valence-electron chi connectivity index (χ2n) is 8.97. The van der Waals surface area contributed by atoms with E-state index >= 15 is 0 Å². The summed E-state index contributed by atoms with van der Waals surface area (Å²) in [5.41, 5.74) is 3.63.